The second kappa shape index (κ2) is 9.12. The molecule has 0 saturated heterocycles. The molecule has 5 nitrogen and oxygen atoms in total. The maximum absolute atomic E-state index is 12.2. The molecule has 146 valence electrons. The van der Waals surface area contributed by atoms with Gasteiger partial charge in [-0.25, -0.2) is 4.79 Å². The van der Waals surface area contributed by atoms with Crippen LogP contribution in [0.3, 0.4) is 0 Å². The Hall–Kier alpha value is -1.96. The van der Waals surface area contributed by atoms with Crippen molar-refractivity contribution in [3.8, 4) is 0 Å². The Morgan fingerprint density at radius 1 is 1.31 bits per heavy atom. The van der Waals surface area contributed by atoms with Crippen LogP contribution in [0.4, 0.5) is 29.3 Å². The molecular formula is C18H26F3N3O2. The molecule has 0 aromatic heterocycles. The average Bonchev–Trinajstić information content (AvgIpc) is 3.07. The van der Waals surface area contributed by atoms with Gasteiger partial charge < -0.3 is 20.3 Å². The number of ether oxygens (including phenoxy) is 1. The zero-order valence-corrected chi connectivity index (χ0v) is 15.1. The molecule has 26 heavy (non-hydrogen) atoms. The molecule has 1 aromatic carbocycles. The predicted octanol–water partition coefficient (Wildman–Crippen LogP) is 4.15. The first-order valence-electron chi connectivity index (χ1n) is 8.80. The molecule has 1 atom stereocenters. The lowest BCUT2D eigenvalue weighted by Crippen LogP contribution is -2.40. The molecule has 0 bridgehead atoms. The van der Waals surface area contributed by atoms with Crippen LogP contribution in [-0.2, 0) is 4.74 Å². The predicted molar refractivity (Wildman–Crippen MR) is 95.6 cm³/mol. The normalized spacial score (nSPS) is 16.3. The minimum absolute atomic E-state index is 0.212. The summed E-state index contributed by atoms with van der Waals surface area (Å²) >= 11 is 0. The van der Waals surface area contributed by atoms with Gasteiger partial charge in [0.05, 0.1) is 24.0 Å². The summed E-state index contributed by atoms with van der Waals surface area (Å²) in [4.78, 5) is 14.3. The smallest absolute Gasteiger partial charge is 0.370 e. The lowest BCUT2D eigenvalue weighted by atomic mass is 10.1. The van der Waals surface area contributed by atoms with Gasteiger partial charge in [0.25, 0.3) is 0 Å². The zero-order chi connectivity index (χ0) is 19.2. The van der Waals surface area contributed by atoms with Gasteiger partial charge in [-0.1, -0.05) is 25.0 Å². The van der Waals surface area contributed by atoms with E-state index in [2.05, 4.69) is 20.3 Å². The van der Waals surface area contributed by atoms with E-state index in [0.717, 1.165) is 18.5 Å². The fraction of sp³-hybridized carbons (Fsp3) is 0.611. The first kappa shape index (κ1) is 20.4. The van der Waals surface area contributed by atoms with Gasteiger partial charge in [0.1, 0.15) is 6.61 Å². The van der Waals surface area contributed by atoms with E-state index >= 15 is 0 Å². The number of urea groups is 1. The molecule has 1 aromatic rings. The highest BCUT2D eigenvalue weighted by Crippen LogP contribution is 2.31. The molecule has 2 amide bonds. The van der Waals surface area contributed by atoms with Crippen LogP contribution in [0.15, 0.2) is 24.3 Å². The molecule has 0 aliphatic heterocycles. The number of nitrogens with zero attached hydrogens (tertiary/aromatic N) is 1. The summed E-state index contributed by atoms with van der Waals surface area (Å²) in [5.41, 5.74) is 1.60. The number of amides is 2. The average molecular weight is 373 g/mol. The summed E-state index contributed by atoms with van der Waals surface area (Å²) in [5.74, 6) is 0. The van der Waals surface area contributed by atoms with Gasteiger partial charge in [-0.2, -0.15) is 13.2 Å². The number of nitrogens with one attached hydrogen (secondary N) is 2. The fourth-order valence-corrected chi connectivity index (χ4v) is 3.15. The molecule has 8 heteroatoms. The van der Waals surface area contributed by atoms with E-state index in [-0.39, 0.29) is 6.61 Å². The van der Waals surface area contributed by atoms with Gasteiger partial charge >= 0.3 is 12.2 Å². The molecule has 1 unspecified atom stereocenters. The number of rotatable bonds is 7. The first-order valence-corrected chi connectivity index (χ1v) is 8.80. The molecule has 1 saturated carbocycles. The van der Waals surface area contributed by atoms with Crippen LogP contribution in [0.2, 0.25) is 0 Å². The van der Waals surface area contributed by atoms with Gasteiger partial charge in [0.15, 0.2) is 0 Å². The summed E-state index contributed by atoms with van der Waals surface area (Å²) in [6.45, 7) is 0.0543. The SMILES string of the molecule is CC(COCC(F)(F)F)NC(=O)Nc1ccccc1N(C)C1CCCC1. The number of hydrogen-bond donors (Lipinski definition) is 2. The van der Waals surface area contributed by atoms with Gasteiger partial charge in [0, 0.05) is 13.1 Å². The van der Waals surface area contributed by atoms with Gasteiger partial charge in [-0.05, 0) is 31.9 Å². The molecule has 0 radical (unpaired) electrons. The van der Waals surface area contributed by atoms with Crippen LogP contribution in [0.1, 0.15) is 32.6 Å². The Kier molecular flexibility index (Phi) is 7.14. The Balaban J connectivity index is 1.88. The second-order valence-corrected chi connectivity index (χ2v) is 6.70. The van der Waals surface area contributed by atoms with Crippen molar-refractivity contribution in [2.24, 2.45) is 0 Å². The van der Waals surface area contributed by atoms with Crippen LogP contribution in [0, 0.1) is 0 Å². The molecule has 1 aliphatic rings. The van der Waals surface area contributed by atoms with E-state index in [1.165, 1.54) is 12.8 Å². The quantitative estimate of drug-likeness (QED) is 0.755. The third-order valence-corrected chi connectivity index (χ3v) is 4.42. The van der Waals surface area contributed by atoms with Crippen molar-refractivity contribution in [1.82, 2.24) is 5.32 Å². The van der Waals surface area contributed by atoms with Crippen LogP contribution in [0.5, 0.6) is 0 Å². The molecule has 2 N–H and O–H groups in total. The van der Waals surface area contributed by atoms with Crippen molar-refractivity contribution in [3.63, 3.8) is 0 Å². The Bertz CT molecular complexity index is 589. The van der Waals surface area contributed by atoms with Crippen molar-refractivity contribution in [1.29, 1.82) is 0 Å². The van der Waals surface area contributed by atoms with Gasteiger partial charge in [0.2, 0.25) is 0 Å². The summed E-state index contributed by atoms with van der Waals surface area (Å²) in [5, 5.41) is 5.37. The number of hydrogen-bond acceptors (Lipinski definition) is 3. The van der Waals surface area contributed by atoms with E-state index < -0.39 is 24.9 Å². The van der Waals surface area contributed by atoms with Crippen molar-refractivity contribution < 1.29 is 22.7 Å². The highest BCUT2D eigenvalue weighted by molar-refractivity contribution is 5.93. The van der Waals surface area contributed by atoms with Crippen molar-refractivity contribution >= 4 is 17.4 Å². The lowest BCUT2D eigenvalue weighted by molar-refractivity contribution is -0.174. The van der Waals surface area contributed by atoms with Crippen molar-refractivity contribution in [3.05, 3.63) is 24.3 Å². The molecule has 1 fully saturated rings. The maximum Gasteiger partial charge on any atom is 0.411 e. The zero-order valence-electron chi connectivity index (χ0n) is 15.1. The molecule has 1 aliphatic carbocycles. The maximum atomic E-state index is 12.2. The van der Waals surface area contributed by atoms with Crippen LogP contribution in [0.25, 0.3) is 0 Å². The van der Waals surface area contributed by atoms with E-state index in [0.29, 0.717) is 11.7 Å². The summed E-state index contributed by atoms with van der Waals surface area (Å²) < 4.78 is 40.8. The fourth-order valence-electron chi connectivity index (χ4n) is 3.15. The standard InChI is InChI=1S/C18H26F3N3O2/c1-13(11-26-12-18(19,20)21)22-17(25)23-15-9-5-6-10-16(15)24(2)14-7-3-4-8-14/h5-6,9-10,13-14H,3-4,7-8,11-12H2,1-2H3,(H2,22,23,25). The largest absolute Gasteiger partial charge is 0.411 e. The Labute approximate surface area is 151 Å². The number of anilines is 2. The molecule has 0 heterocycles. The highest BCUT2D eigenvalue weighted by Gasteiger charge is 2.27. The van der Waals surface area contributed by atoms with Gasteiger partial charge in [-0.15, -0.1) is 0 Å². The molecule has 2 rings (SSSR count). The minimum Gasteiger partial charge on any atom is -0.370 e. The number of carbonyl (C=O) groups excluding carboxylic acids is 1. The monoisotopic (exact) mass is 373 g/mol. The topological polar surface area (TPSA) is 53.6 Å². The Morgan fingerprint density at radius 3 is 2.62 bits per heavy atom. The minimum atomic E-state index is -4.37. The summed E-state index contributed by atoms with van der Waals surface area (Å²) in [6.07, 6.45) is 0.308. The third-order valence-electron chi connectivity index (χ3n) is 4.42. The van der Waals surface area contributed by atoms with E-state index in [9.17, 15) is 18.0 Å². The van der Waals surface area contributed by atoms with E-state index in [1.54, 1.807) is 6.92 Å². The first-order chi connectivity index (χ1) is 12.3. The number of halogens is 3. The lowest BCUT2D eigenvalue weighted by Gasteiger charge is -2.28. The summed E-state index contributed by atoms with van der Waals surface area (Å²) in [6, 6.07) is 6.94. The number of alkyl halides is 3. The number of benzene rings is 1. The Morgan fingerprint density at radius 2 is 1.96 bits per heavy atom. The third kappa shape index (κ3) is 6.40. The second-order valence-electron chi connectivity index (χ2n) is 6.70. The van der Waals surface area contributed by atoms with Crippen LogP contribution < -0.4 is 15.5 Å². The van der Waals surface area contributed by atoms with Crippen molar-refractivity contribution in [2.75, 3.05) is 30.5 Å². The molecule has 0 spiro atoms. The number of carbonyl (C=O) groups is 1. The van der Waals surface area contributed by atoms with Crippen LogP contribution in [-0.4, -0.2) is 44.6 Å². The van der Waals surface area contributed by atoms with E-state index in [4.69, 9.17) is 0 Å². The molecular weight excluding hydrogens is 347 g/mol. The number of para-hydroxylation sites is 2. The highest BCUT2D eigenvalue weighted by atomic mass is 19.4. The van der Waals surface area contributed by atoms with Gasteiger partial charge in [-0.3, -0.25) is 0 Å². The summed E-state index contributed by atoms with van der Waals surface area (Å²) in [7, 11) is 2.02. The van der Waals surface area contributed by atoms with Crippen molar-refractivity contribution in [2.45, 2.75) is 50.9 Å². The van der Waals surface area contributed by atoms with Crippen LogP contribution >= 0.6 is 0 Å². The van der Waals surface area contributed by atoms with E-state index in [1.807, 2.05) is 31.3 Å².